The standard InChI is InChI=1S/C9H12NO2.BrH/c1-4-5-6-7-10(2)8-9(11)12-3;/h4H,1-2,7-8H2,3H3;1H/q+1;/p-1. The quantitative estimate of drug-likeness (QED) is 0.231. The molecule has 0 rings (SSSR count). The molecule has 0 fully saturated rings. The minimum Gasteiger partial charge on any atom is -1.00 e. The Bertz CT molecular complexity index is 250. The van der Waals surface area contributed by atoms with Crippen LogP contribution in [0.25, 0.3) is 0 Å². The van der Waals surface area contributed by atoms with Crippen molar-refractivity contribution in [2.24, 2.45) is 0 Å². The van der Waals surface area contributed by atoms with E-state index in [-0.39, 0.29) is 29.5 Å². The minimum absolute atomic E-state index is 0. The third kappa shape index (κ3) is 8.83. The van der Waals surface area contributed by atoms with Crippen molar-refractivity contribution in [3.63, 3.8) is 0 Å². The van der Waals surface area contributed by atoms with E-state index < -0.39 is 0 Å². The van der Waals surface area contributed by atoms with Gasteiger partial charge in [-0.05, 0) is 12.0 Å². The lowest BCUT2D eigenvalue weighted by atomic mass is 10.5. The number of hydrogen-bond acceptors (Lipinski definition) is 2. The van der Waals surface area contributed by atoms with Crippen molar-refractivity contribution < 1.29 is 31.1 Å². The van der Waals surface area contributed by atoms with E-state index in [1.54, 1.807) is 0 Å². The summed E-state index contributed by atoms with van der Waals surface area (Å²) < 4.78 is 5.95. The van der Waals surface area contributed by atoms with Crippen LogP contribution in [0.1, 0.15) is 0 Å². The first-order chi connectivity index (χ1) is 5.70. The van der Waals surface area contributed by atoms with Gasteiger partial charge in [-0.15, -0.1) is 0 Å². The molecule has 0 N–H and O–H groups in total. The van der Waals surface area contributed by atoms with Gasteiger partial charge in [0.15, 0.2) is 0 Å². The Morgan fingerprint density at radius 1 is 1.69 bits per heavy atom. The van der Waals surface area contributed by atoms with Crippen LogP contribution in [0.2, 0.25) is 0 Å². The maximum Gasteiger partial charge on any atom is 0.371 e. The van der Waals surface area contributed by atoms with Crippen molar-refractivity contribution in [3.8, 4) is 11.8 Å². The van der Waals surface area contributed by atoms with Gasteiger partial charge in [0.2, 0.25) is 13.1 Å². The summed E-state index contributed by atoms with van der Waals surface area (Å²) in [5.74, 6) is 5.09. The highest BCUT2D eigenvalue weighted by molar-refractivity contribution is 5.70. The van der Waals surface area contributed by atoms with Crippen molar-refractivity contribution in [1.82, 2.24) is 0 Å². The highest BCUT2D eigenvalue weighted by Crippen LogP contribution is 1.76. The molecule has 0 saturated heterocycles. The lowest BCUT2D eigenvalue weighted by molar-refractivity contribution is -0.497. The average molecular weight is 246 g/mol. The summed E-state index contributed by atoms with van der Waals surface area (Å²) >= 11 is 0. The van der Waals surface area contributed by atoms with E-state index in [0.717, 1.165) is 0 Å². The molecule has 0 heterocycles. The van der Waals surface area contributed by atoms with Gasteiger partial charge in [0.25, 0.3) is 0 Å². The van der Waals surface area contributed by atoms with Crippen molar-refractivity contribution in [1.29, 1.82) is 0 Å². The number of carbonyl (C=O) groups excluding carboxylic acids is 1. The van der Waals surface area contributed by atoms with E-state index >= 15 is 0 Å². The molecule has 0 atom stereocenters. The Kier molecular flexibility index (Phi) is 10.0. The fourth-order valence-electron chi connectivity index (χ4n) is 0.533. The van der Waals surface area contributed by atoms with Crippen molar-refractivity contribution in [3.05, 3.63) is 12.7 Å². The monoisotopic (exact) mass is 245 g/mol. The molecular formula is C9H12BrNO2. The van der Waals surface area contributed by atoms with Gasteiger partial charge in [0.05, 0.1) is 7.11 Å². The van der Waals surface area contributed by atoms with E-state index in [1.807, 2.05) is 0 Å². The topological polar surface area (TPSA) is 29.3 Å². The molecule has 0 aromatic carbocycles. The normalized spacial score (nSPS) is 7.15. The Morgan fingerprint density at radius 3 is 2.77 bits per heavy atom. The van der Waals surface area contributed by atoms with Gasteiger partial charge in [-0.1, -0.05) is 12.5 Å². The molecule has 72 valence electrons. The molecule has 0 aliphatic heterocycles. The number of nitrogens with zero attached hydrogens (tertiary/aromatic N) is 1. The zero-order valence-electron chi connectivity index (χ0n) is 7.55. The molecule has 0 aromatic rings. The fourth-order valence-corrected chi connectivity index (χ4v) is 0.533. The summed E-state index contributed by atoms with van der Waals surface area (Å²) in [5, 5.41) is 0. The maximum absolute atomic E-state index is 10.7. The zero-order chi connectivity index (χ0) is 9.40. The summed E-state index contributed by atoms with van der Waals surface area (Å²) in [6.07, 6.45) is 1.49. The summed E-state index contributed by atoms with van der Waals surface area (Å²) in [6, 6.07) is 0. The number of carbonyl (C=O) groups is 1. The second kappa shape index (κ2) is 9.01. The predicted molar refractivity (Wildman–Crippen MR) is 47.1 cm³/mol. The number of hydrogen-bond donors (Lipinski definition) is 0. The van der Waals surface area contributed by atoms with E-state index in [9.17, 15) is 4.79 Å². The highest BCUT2D eigenvalue weighted by Gasteiger charge is 2.06. The largest absolute Gasteiger partial charge is 1.00 e. The lowest BCUT2D eigenvalue weighted by Crippen LogP contribution is -3.00. The van der Waals surface area contributed by atoms with Gasteiger partial charge in [-0.3, -0.25) is 0 Å². The molecule has 0 aromatic heterocycles. The molecule has 0 aliphatic rings. The first kappa shape index (κ1) is 14.4. The number of methoxy groups -OCH3 is 1. The predicted octanol–water partition coefficient (Wildman–Crippen LogP) is -2.93. The van der Waals surface area contributed by atoms with Gasteiger partial charge in [-0.25, -0.2) is 9.37 Å². The molecule has 0 unspecified atom stereocenters. The highest BCUT2D eigenvalue weighted by atomic mass is 79.9. The molecular weight excluding hydrogens is 234 g/mol. The third-order valence-corrected chi connectivity index (χ3v) is 1.09. The van der Waals surface area contributed by atoms with Gasteiger partial charge < -0.3 is 21.7 Å². The Labute approximate surface area is 88.9 Å². The van der Waals surface area contributed by atoms with E-state index in [1.165, 1.54) is 17.8 Å². The third-order valence-electron chi connectivity index (χ3n) is 1.09. The average Bonchev–Trinajstić information content (AvgIpc) is 2.05. The Morgan fingerprint density at radius 2 is 2.31 bits per heavy atom. The van der Waals surface area contributed by atoms with Gasteiger partial charge >= 0.3 is 5.97 Å². The van der Waals surface area contributed by atoms with E-state index in [0.29, 0.717) is 6.54 Å². The molecule has 0 aliphatic carbocycles. The second-order valence-electron chi connectivity index (χ2n) is 2.09. The van der Waals surface area contributed by atoms with Crippen molar-refractivity contribution in [2.45, 2.75) is 0 Å². The summed E-state index contributed by atoms with van der Waals surface area (Å²) in [4.78, 5) is 10.7. The summed E-state index contributed by atoms with van der Waals surface area (Å²) in [5.41, 5.74) is 0. The van der Waals surface area contributed by atoms with Gasteiger partial charge in [0.1, 0.15) is 6.72 Å². The van der Waals surface area contributed by atoms with Crippen molar-refractivity contribution >= 4 is 12.7 Å². The van der Waals surface area contributed by atoms with Gasteiger partial charge in [-0.2, -0.15) is 0 Å². The first-order valence-electron chi connectivity index (χ1n) is 3.42. The van der Waals surface area contributed by atoms with Crippen LogP contribution in [0.4, 0.5) is 0 Å². The zero-order valence-corrected chi connectivity index (χ0v) is 9.13. The van der Waals surface area contributed by atoms with Crippen LogP contribution in [0.5, 0.6) is 0 Å². The van der Waals surface area contributed by atoms with Crippen LogP contribution in [-0.2, 0) is 9.53 Å². The number of allylic oxidation sites excluding steroid dienone is 1. The molecule has 0 bridgehead atoms. The Hall–Kier alpha value is -1.08. The van der Waals surface area contributed by atoms with Gasteiger partial charge in [0, 0.05) is 0 Å². The molecule has 0 radical (unpaired) electrons. The molecule has 13 heavy (non-hydrogen) atoms. The summed E-state index contributed by atoms with van der Waals surface area (Å²) in [7, 11) is 1.34. The minimum atomic E-state index is -0.314. The van der Waals surface area contributed by atoms with Crippen LogP contribution >= 0.6 is 0 Å². The summed E-state index contributed by atoms with van der Waals surface area (Å²) in [6.45, 7) is 7.61. The van der Waals surface area contributed by atoms with Crippen LogP contribution in [0.15, 0.2) is 12.7 Å². The molecule has 3 nitrogen and oxygen atoms in total. The van der Waals surface area contributed by atoms with E-state index in [2.05, 4.69) is 29.9 Å². The molecule has 0 amide bonds. The van der Waals surface area contributed by atoms with Crippen LogP contribution in [0.3, 0.4) is 0 Å². The molecule has 0 saturated carbocycles. The van der Waals surface area contributed by atoms with Crippen LogP contribution in [-0.4, -0.2) is 37.5 Å². The Balaban J connectivity index is 0. The molecule has 0 spiro atoms. The van der Waals surface area contributed by atoms with Crippen LogP contribution < -0.4 is 17.0 Å². The molecule has 4 heteroatoms. The number of ether oxygens (including phenoxy) is 1. The van der Waals surface area contributed by atoms with E-state index in [4.69, 9.17) is 0 Å². The smallest absolute Gasteiger partial charge is 0.371 e. The fraction of sp³-hybridized carbons (Fsp3) is 0.333. The lowest BCUT2D eigenvalue weighted by Gasteiger charge is -1.94. The number of halogens is 1. The van der Waals surface area contributed by atoms with Crippen molar-refractivity contribution in [2.75, 3.05) is 20.2 Å². The number of rotatable bonds is 3. The SMILES string of the molecule is C=CC#CC[N+](=C)CC(=O)OC.[Br-]. The first-order valence-corrected chi connectivity index (χ1v) is 3.42. The second-order valence-corrected chi connectivity index (χ2v) is 2.09. The number of esters is 1. The maximum atomic E-state index is 10.7. The van der Waals surface area contributed by atoms with Crippen LogP contribution in [0, 0.1) is 11.8 Å².